The maximum Gasteiger partial charge on any atom is 0.410 e. The van der Waals surface area contributed by atoms with Crippen molar-refractivity contribution in [2.45, 2.75) is 44.2 Å². The number of likely N-dealkylation sites (tertiary alicyclic amines) is 1. The van der Waals surface area contributed by atoms with Gasteiger partial charge < -0.3 is 9.64 Å². The van der Waals surface area contributed by atoms with Crippen molar-refractivity contribution < 1.29 is 23.1 Å². The lowest BCUT2D eigenvalue weighted by atomic mass is 9.89. The highest BCUT2D eigenvalue weighted by atomic mass is 19.2. The van der Waals surface area contributed by atoms with Crippen molar-refractivity contribution >= 4 is 12.0 Å². The van der Waals surface area contributed by atoms with Crippen LogP contribution in [0.4, 0.5) is 13.6 Å². The Balaban J connectivity index is 1.38. The molecule has 2 aliphatic rings. The van der Waals surface area contributed by atoms with Gasteiger partial charge in [-0.15, -0.1) is 0 Å². The molecule has 2 aromatic rings. The van der Waals surface area contributed by atoms with Crippen LogP contribution >= 0.6 is 0 Å². The smallest absolute Gasteiger partial charge is 0.410 e. The number of carbonyl (C=O) groups excluding carboxylic acids is 2. The molecule has 1 spiro atoms. The highest BCUT2D eigenvalue weighted by Crippen LogP contribution is 2.35. The Morgan fingerprint density at radius 2 is 1.81 bits per heavy atom. The Bertz CT molecular complexity index is 959. The monoisotopic (exact) mass is 428 g/mol. The van der Waals surface area contributed by atoms with E-state index in [2.05, 4.69) is 0 Å². The van der Waals surface area contributed by atoms with Crippen LogP contribution in [-0.4, -0.2) is 47.0 Å². The molecule has 1 unspecified atom stereocenters. The van der Waals surface area contributed by atoms with Gasteiger partial charge in [0.15, 0.2) is 11.6 Å². The third-order valence-corrected chi connectivity index (χ3v) is 6.29. The van der Waals surface area contributed by atoms with Crippen LogP contribution in [0, 0.1) is 11.6 Å². The lowest BCUT2D eigenvalue weighted by Gasteiger charge is -2.38. The van der Waals surface area contributed by atoms with Crippen LogP contribution in [0.2, 0.25) is 0 Å². The average molecular weight is 428 g/mol. The molecule has 0 N–H and O–H groups in total. The molecule has 2 saturated heterocycles. The summed E-state index contributed by atoms with van der Waals surface area (Å²) in [6.45, 7) is 3.59. The summed E-state index contributed by atoms with van der Waals surface area (Å²) in [5.74, 6) is -1.92. The van der Waals surface area contributed by atoms with Gasteiger partial charge in [0, 0.05) is 32.5 Å². The van der Waals surface area contributed by atoms with Crippen LogP contribution in [0.3, 0.4) is 0 Å². The van der Waals surface area contributed by atoms with E-state index in [0.717, 1.165) is 24.1 Å². The fourth-order valence-corrected chi connectivity index (χ4v) is 4.53. The number of nitrogens with zero attached hydrogens (tertiary/aromatic N) is 2. The maximum atomic E-state index is 13.5. The molecular formula is C24H26F2N2O3. The third-order valence-electron chi connectivity index (χ3n) is 6.29. The molecule has 2 aliphatic heterocycles. The van der Waals surface area contributed by atoms with Gasteiger partial charge in [0.05, 0.1) is 12.5 Å². The van der Waals surface area contributed by atoms with Crippen molar-refractivity contribution in [3.63, 3.8) is 0 Å². The molecule has 31 heavy (non-hydrogen) atoms. The fourth-order valence-electron chi connectivity index (χ4n) is 4.53. The highest BCUT2D eigenvalue weighted by molar-refractivity contribution is 5.84. The molecule has 1 atom stereocenters. The van der Waals surface area contributed by atoms with Crippen LogP contribution in [0.1, 0.15) is 43.2 Å². The summed E-state index contributed by atoms with van der Waals surface area (Å²) in [7, 11) is 0. The molecule has 5 nitrogen and oxygen atoms in total. The summed E-state index contributed by atoms with van der Waals surface area (Å²) >= 11 is 0. The first-order chi connectivity index (χ1) is 14.9. The second-order valence-electron chi connectivity index (χ2n) is 8.35. The van der Waals surface area contributed by atoms with Crippen molar-refractivity contribution in [1.82, 2.24) is 9.80 Å². The number of rotatable bonds is 5. The molecule has 2 heterocycles. The number of piperidine rings is 1. The zero-order valence-electron chi connectivity index (χ0n) is 17.5. The molecule has 2 aromatic carbocycles. The molecule has 0 radical (unpaired) electrons. The zero-order chi connectivity index (χ0) is 22.0. The van der Waals surface area contributed by atoms with E-state index in [1.807, 2.05) is 42.2 Å². The summed E-state index contributed by atoms with van der Waals surface area (Å²) in [4.78, 5) is 28.9. The molecule has 7 heteroatoms. The lowest BCUT2D eigenvalue weighted by Crippen LogP contribution is -2.49. The SMILES string of the molecule is CCC(C(=O)N1CCC2(CC1)CN(Cc1ccc(F)c(F)c1)C(=O)O2)c1ccccc1. The molecular weight excluding hydrogens is 402 g/mol. The minimum atomic E-state index is -0.935. The van der Waals surface area contributed by atoms with Gasteiger partial charge in [-0.25, -0.2) is 13.6 Å². The summed E-state index contributed by atoms with van der Waals surface area (Å²) < 4.78 is 32.4. The van der Waals surface area contributed by atoms with E-state index < -0.39 is 23.3 Å². The second-order valence-corrected chi connectivity index (χ2v) is 8.35. The molecule has 0 bridgehead atoms. The van der Waals surface area contributed by atoms with Gasteiger partial charge >= 0.3 is 6.09 Å². The van der Waals surface area contributed by atoms with E-state index in [1.165, 1.54) is 11.0 Å². The van der Waals surface area contributed by atoms with E-state index in [4.69, 9.17) is 4.74 Å². The van der Waals surface area contributed by atoms with Crippen molar-refractivity contribution in [3.8, 4) is 0 Å². The highest BCUT2D eigenvalue weighted by Gasteiger charge is 2.47. The van der Waals surface area contributed by atoms with Crippen molar-refractivity contribution in [2.75, 3.05) is 19.6 Å². The molecule has 4 rings (SSSR count). The van der Waals surface area contributed by atoms with Gasteiger partial charge in [-0.1, -0.05) is 43.3 Å². The standard InChI is InChI=1S/C24H26F2N2O3/c1-2-19(18-6-4-3-5-7-18)22(29)27-12-10-24(11-13-27)16-28(23(30)31-24)15-17-8-9-20(25)21(26)14-17/h3-9,14,19H,2,10-13,15-16H2,1H3. The van der Waals surface area contributed by atoms with Crippen LogP contribution in [0.15, 0.2) is 48.5 Å². The fraction of sp³-hybridized carbons (Fsp3) is 0.417. The van der Waals surface area contributed by atoms with Gasteiger partial charge in [-0.2, -0.15) is 0 Å². The first-order valence-electron chi connectivity index (χ1n) is 10.7. The summed E-state index contributed by atoms with van der Waals surface area (Å²) in [5, 5.41) is 0. The molecule has 0 aliphatic carbocycles. The minimum absolute atomic E-state index is 0.103. The molecule has 0 saturated carbocycles. The van der Waals surface area contributed by atoms with Crippen molar-refractivity contribution in [3.05, 3.63) is 71.3 Å². The number of benzene rings is 2. The molecule has 2 fully saturated rings. The lowest BCUT2D eigenvalue weighted by molar-refractivity contribution is -0.136. The molecule has 2 amide bonds. The third kappa shape index (κ3) is 4.40. The van der Waals surface area contributed by atoms with E-state index >= 15 is 0 Å². The molecule has 0 aromatic heterocycles. The number of carbonyl (C=O) groups is 2. The zero-order valence-corrected chi connectivity index (χ0v) is 17.5. The van der Waals surface area contributed by atoms with Gasteiger partial charge in [-0.05, 0) is 29.7 Å². The van der Waals surface area contributed by atoms with Crippen molar-refractivity contribution in [1.29, 1.82) is 0 Å². The number of hydrogen-bond acceptors (Lipinski definition) is 3. The Kier molecular flexibility index (Phi) is 5.94. The number of halogens is 2. The first-order valence-corrected chi connectivity index (χ1v) is 10.7. The number of hydrogen-bond donors (Lipinski definition) is 0. The van der Waals surface area contributed by atoms with E-state index in [9.17, 15) is 18.4 Å². The summed E-state index contributed by atoms with van der Waals surface area (Å²) in [5.41, 5.74) is 0.885. The van der Waals surface area contributed by atoms with Crippen LogP contribution < -0.4 is 0 Å². The van der Waals surface area contributed by atoms with E-state index in [1.54, 1.807) is 0 Å². The predicted molar refractivity (Wildman–Crippen MR) is 111 cm³/mol. The van der Waals surface area contributed by atoms with E-state index in [-0.39, 0.29) is 18.4 Å². The Morgan fingerprint density at radius 1 is 1.10 bits per heavy atom. The Labute approximate surface area is 180 Å². The molecule has 164 valence electrons. The van der Waals surface area contributed by atoms with E-state index in [0.29, 0.717) is 38.0 Å². The number of ether oxygens (including phenoxy) is 1. The number of amides is 2. The second kappa shape index (κ2) is 8.65. The predicted octanol–water partition coefficient (Wildman–Crippen LogP) is 4.47. The normalized spacial score (nSPS) is 18.9. The maximum absolute atomic E-state index is 13.5. The topological polar surface area (TPSA) is 49.9 Å². The van der Waals surface area contributed by atoms with Gasteiger partial charge in [0.1, 0.15) is 5.60 Å². The summed E-state index contributed by atoms with van der Waals surface area (Å²) in [6, 6.07) is 13.4. The van der Waals surface area contributed by atoms with Crippen LogP contribution in [0.25, 0.3) is 0 Å². The van der Waals surface area contributed by atoms with Crippen LogP contribution in [-0.2, 0) is 16.1 Å². The minimum Gasteiger partial charge on any atom is -0.441 e. The van der Waals surface area contributed by atoms with Gasteiger partial charge in [0.2, 0.25) is 5.91 Å². The van der Waals surface area contributed by atoms with Crippen molar-refractivity contribution in [2.24, 2.45) is 0 Å². The quantitative estimate of drug-likeness (QED) is 0.706. The van der Waals surface area contributed by atoms with Gasteiger partial charge in [-0.3, -0.25) is 9.69 Å². The van der Waals surface area contributed by atoms with Gasteiger partial charge in [0.25, 0.3) is 0 Å². The average Bonchev–Trinajstić information content (AvgIpc) is 3.07. The largest absolute Gasteiger partial charge is 0.441 e. The Hall–Kier alpha value is -2.96. The summed E-state index contributed by atoms with van der Waals surface area (Å²) in [6.07, 6.45) is 1.38. The van der Waals surface area contributed by atoms with Crippen LogP contribution in [0.5, 0.6) is 0 Å². The Morgan fingerprint density at radius 3 is 2.45 bits per heavy atom. The first kappa shape index (κ1) is 21.3.